The third-order valence-corrected chi connectivity index (χ3v) is 2.14. The molecule has 0 radical (unpaired) electrons. The van der Waals surface area contributed by atoms with Gasteiger partial charge in [0.15, 0.2) is 11.6 Å². The fraction of sp³-hybridized carbons (Fsp3) is 0.300. The number of likely N-dealkylation sites (N-methyl/N-ethyl adjacent to an activating group) is 2. The van der Waals surface area contributed by atoms with Crippen LogP contribution in [0.3, 0.4) is 0 Å². The first-order valence-electron chi connectivity index (χ1n) is 4.62. The van der Waals surface area contributed by atoms with Crippen molar-refractivity contribution in [3.05, 3.63) is 23.8 Å². The molecule has 0 spiro atoms. The molecule has 0 saturated carbocycles. The molecule has 6 heteroatoms. The number of nitrogen functional groups attached to an aromatic ring is 1. The van der Waals surface area contributed by atoms with E-state index in [9.17, 15) is 13.6 Å². The number of benzene rings is 1. The van der Waals surface area contributed by atoms with Crippen LogP contribution in [0.25, 0.3) is 0 Å². The predicted molar refractivity (Wildman–Crippen MR) is 58.1 cm³/mol. The van der Waals surface area contributed by atoms with Crippen LogP contribution in [0.4, 0.5) is 20.2 Å². The average molecular weight is 229 g/mol. The lowest BCUT2D eigenvalue weighted by atomic mass is 10.2. The first-order valence-corrected chi connectivity index (χ1v) is 4.62. The van der Waals surface area contributed by atoms with Crippen molar-refractivity contribution in [2.45, 2.75) is 0 Å². The Kier molecular flexibility index (Phi) is 3.65. The Balaban J connectivity index is 3.03. The maximum absolute atomic E-state index is 13.4. The van der Waals surface area contributed by atoms with Crippen molar-refractivity contribution >= 4 is 17.3 Å². The molecule has 0 aliphatic heterocycles. The summed E-state index contributed by atoms with van der Waals surface area (Å²) in [5.74, 6) is -2.36. The van der Waals surface area contributed by atoms with Gasteiger partial charge in [-0.25, -0.2) is 8.78 Å². The van der Waals surface area contributed by atoms with Crippen LogP contribution >= 0.6 is 0 Å². The molecule has 0 fully saturated rings. The predicted octanol–water partition coefficient (Wildman–Crippen LogP) is 0.729. The Hall–Kier alpha value is -1.85. The van der Waals surface area contributed by atoms with Crippen molar-refractivity contribution in [3.8, 4) is 0 Å². The van der Waals surface area contributed by atoms with Crippen LogP contribution in [0, 0.1) is 11.6 Å². The van der Waals surface area contributed by atoms with Crippen LogP contribution in [0.2, 0.25) is 0 Å². The molecular weight excluding hydrogens is 216 g/mol. The Morgan fingerprint density at radius 1 is 1.50 bits per heavy atom. The smallest absolute Gasteiger partial charge is 0.239 e. The molecule has 0 unspecified atom stereocenters. The van der Waals surface area contributed by atoms with Crippen molar-refractivity contribution in [3.63, 3.8) is 0 Å². The van der Waals surface area contributed by atoms with Crippen LogP contribution < -0.4 is 16.0 Å². The lowest BCUT2D eigenvalue weighted by molar-refractivity contribution is -0.119. The molecule has 1 aromatic carbocycles. The molecule has 0 aromatic heterocycles. The second-order valence-corrected chi connectivity index (χ2v) is 3.33. The van der Waals surface area contributed by atoms with Crippen molar-refractivity contribution in [2.24, 2.45) is 0 Å². The summed E-state index contributed by atoms with van der Waals surface area (Å²) in [5, 5.41) is 2.38. The largest absolute Gasteiger partial charge is 0.397 e. The van der Waals surface area contributed by atoms with Gasteiger partial charge in [-0.3, -0.25) is 4.79 Å². The first kappa shape index (κ1) is 12.2. The Morgan fingerprint density at radius 2 is 2.12 bits per heavy atom. The number of amides is 1. The molecule has 4 nitrogen and oxygen atoms in total. The summed E-state index contributed by atoms with van der Waals surface area (Å²) in [4.78, 5) is 12.3. The summed E-state index contributed by atoms with van der Waals surface area (Å²) in [7, 11) is 2.92. The Labute approximate surface area is 92.0 Å². The molecule has 0 heterocycles. The van der Waals surface area contributed by atoms with Crippen molar-refractivity contribution < 1.29 is 13.6 Å². The van der Waals surface area contributed by atoms with Gasteiger partial charge in [-0.05, 0) is 12.1 Å². The second-order valence-electron chi connectivity index (χ2n) is 3.33. The minimum atomic E-state index is -1.05. The highest BCUT2D eigenvalue weighted by molar-refractivity contribution is 5.82. The summed E-state index contributed by atoms with van der Waals surface area (Å²) < 4.78 is 26.4. The van der Waals surface area contributed by atoms with Crippen LogP contribution in [0.1, 0.15) is 0 Å². The third kappa shape index (κ3) is 2.39. The monoisotopic (exact) mass is 229 g/mol. The van der Waals surface area contributed by atoms with E-state index < -0.39 is 11.6 Å². The van der Waals surface area contributed by atoms with Crippen molar-refractivity contribution in [2.75, 3.05) is 31.3 Å². The summed E-state index contributed by atoms with van der Waals surface area (Å²) in [6.07, 6.45) is 0. The lowest BCUT2D eigenvalue weighted by Gasteiger charge is -2.20. The topological polar surface area (TPSA) is 58.4 Å². The Morgan fingerprint density at radius 3 is 2.69 bits per heavy atom. The summed E-state index contributed by atoms with van der Waals surface area (Å²) in [6.45, 7) is -0.0962. The van der Waals surface area contributed by atoms with E-state index in [1.165, 1.54) is 25.1 Å². The van der Waals surface area contributed by atoms with Gasteiger partial charge in [-0.2, -0.15) is 0 Å². The van der Waals surface area contributed by atoms with Gasteiger partial charge in [0.2, 0.25) is 5.91 Å². The zero-order valence-corrected chi connectivity index (χ0v) is 9.05. The van der Waals surface area contributed by atoms with Gasteiger partial charge < -0.3 is 16.0 Å². The zero-order valence-electron chi connectivity index (χ0n) is 9.05. The molecule has 0 atom stereocenters. The van der Waals surface area contributed by atoms with E-state index in [-0.39, 0.29) is 23.8 Å². The molecule has 0 bridgehead atoms. The zero-order chi connectivity index (χ0) is 12.3. The molecular formula is C10H13F2N3O. The van der Waals surface area contributed by atoms with Gasteiger partial charge in [-0.15, -0.1) is 0 Å². The number of nitrogens with two attached hydrogens (primary N) is 1. The highest BCUT2D eigenvalue weighted by Gasteiger charge is 2.17. The van der Waals surface area contributed by atoms with E-state index in [1.54, 1.807) is 0 Å². The molecule has 3 N–H and O–H groups in total. The number of nitrogens with zero attached hydrogens (tertiary/aromatic N) is 1. The first-order chi connectivity index (χ1) is 7.47. The quantitative estimate of drug-likeness (QED) is 0.751. The number of carbonyl (C=O) groups excluding carboxylic acids is 1. The van der Waals surface area contributed by atoms with E-state index in [4.69, 9.17) is 5.73 Å². The number of halogens is 2. The average Bonchev–Trinajstić information content (AvgIpc) is 2.24. The van der Waals surface area contributed by atoms with E-state index in [1.807, 2.05) is 0 Å². The molecule has 1 aromatic rings. The number of hydrogen-bond acceptors (Lipinski definition) is 3. The van der Waals surface area contributed by atoms with E-state index in [0.29, 0.717) is 0 Å². The maximum Gasteiger partial charge on any atom is 0.239 e. The van der Waals surface area contributed by atoms with Crippen LogP contribution in [0.5, 0.6) is 0 Å². The second kappa shape index (κ2) is 4.78. The van der Waals surface area contributed by atoms with Crippen LogP contribution in [0.15, 0.2) is 12.1 Å². The number of hydrogen-bond donors (Lipinski definition) is 2. The van der Waals surface area contributed by atoms with Gasteiger partial charge in [-0.1, -0.05) is 0 Å². The fourth-order valence-electron chi connectivity index (χ4n) is 1.32. The Bertz CT molecular complexity index is 409. The number of rotatable bonds is 3. The number of nitrogens with one attached hydrogen (secondary N) is 1. The molecule has 0 aliphatic carbocycles. The van der Waals surface area contributed by atoms with Gasteiger partial charge in [0.25, 0.3) is 0 Å². The lowest BCUT2D eigenvalue weighted by Crippen LogP contribution is -2.33. The number of anilines is 2. The van der Waals surface area contributed by atoms with Gasteiger partial charge in [0.05, 0.1) is 17.9 Å². The molecule has 1 amide bonds. The van der Waals surface area contributed by atoms with Crippen LogP contribution in [-0.2, 0) is 4.79 Å². The number of carbonyl (C=O) groups is 1. The third-order valence-electron chi connectivity index (χ3n) is 2.14. The summed E-state index contributed by atoms with van der Waals surface area (Å²) in [6, 6.07) is 2.20. The molecule has 1 rings (SSSR count). The minimum Gasteiger partial charge on any atom is -0.397 e. The van der Waals surface area contributed by atoms with E-state index >= 15 is 0 Å². The fourth-order valence-corrected chi connectivity index (χ4v) is 1.32. The van der Waals surface area contributed by atoms with E-state index in [0.717, 1.165) is 6.07 Å². The highest BCUT2D eigenvalue weighted by atomic mass is 19.2. The normalized spacial score (nSPS) is 10.0. The summed E-state index contributed by atoms with van der Waals surface area (Å²) in [5.41, 5.74) is 5.51. The van der Waals surface area contributed by atoms with Crippen molar-refractivity contribution in [1.82, 2.24) is 5.32 Å². The molecule has 16 heavy (non-hydrogen) atoms. The van der Waals surface area contributed by atoms with Crippen LogP contribution in [-0.4, -0.2) is 26.5 Å². The van der Waals surface area contributed by atoms with Crippen molar-refractivity contribution in [1.29, 1.82) is 0 Å². The van der Waals surface area contributed by atoms with Gasteiger partial charge in [0, 0.05) is 14.1 Å². The van der Waals surface area contributed by atoms with Gasteiger partial charge in [0.1, 0.15) is 0 Å². The molecule has 88 valence electrons. The SMILES string of the molecule is CNC(=O)CN(C)c1c(N)ccc(F)c1F. The molecule has 0 saturated heterocycles. The minimum absolute atomic E-state index is 0.0882. The highest BCUT2D eigenvalue weighted by Crippen LogP contribution is 2.27. The maximum atomic E-state index is 13.4. The van der Waals surface area contributed by atoms with Gasteiger partial charge >= 0.3 is 0 Å². The summed E-state index contributed by atoms with van der Waals surface area (Å²) >= 11 is 0. The molecule has 0 aliphatic rings. The standard InChI is InChI=1S/C10H13F2N3O/c1-14-8(16)5-15(2)10-7(13)4-3-6(11)9(10)12/h3-4H,5,13H2,1-2H3,(H,14,16). The van der Waals surface area contributed by atoms with E-state index in [2.05, 4.69) is 5.32 Å².